The van der Waals surface area contributed by atoms with Gasteiger partial charge in [-0.1, -0.05) is 30.3 Å². The first-order chi connectivity index (χ1) is 10.3. The Morgan fingerprint density at radius 3 is 2.95 bits per heavy atom. The second-order valence-electron chi connectivity index (χ2n) is 6.33. The summed E-state index contributed by atoms with van der Waals surface area (Å²) in [5.74, 6) is 0.283. The zero-order valence-electron chi connectivity index (χ0n) is 12.3. The van der Waals surface area contributed by atoms with Crippen LogP contribution in [-0.4, -0.2) is 53.7 Å². The Labute approximate surface area is 125 Å². The van der Waals surface area contributed by atoms with Crippen molar-refractivity contribution in [3.05, 3.63) is 35.9 Å². The lowest BCUT2D eigenvalue weighted by atomic mass is 10.1. The summed E-state index contributed by atoms with van der Waals surface area (Å²) in [5.41, 5.74) is 1.12. The van der Waals surface area contributed by atoms with Gasteiger partial charge in [0, 0.05) is 25.9 Å². The molecule has 0 bridgehead atoms. The molecule has 0 N–H and O–H groups in total. The number of likely N-dealkylation sites (tertiary alicyclic amines) is 1. The third kappa shape index (κ3) is 2.09. The molecular weight excluding hydrogens is 264 g/mol. The third-order valence-corrected chi connectivity index (χ3v) is 5.27. The van der Waals surface area contributed by atoms with Crippen molar-refractivity contribution in [1.82, 2.24) is 9.80 Å². The van der Waals surface area contributed by atoms with Crippen molar-refractivity contribution in [3.63, 3.8) is 0 Å². The van der Waals surface area contributed by atoms with E-state index in [1.165, 1.54) is 5.56 Å². The lowest BCUT2D eigenvalue weighted by molar-refractivity contribution is -0.136. The number of nitrogens with zero attached hydrogens (tertiary/aromatic N) is 2. The average Bonchev–Trinajstić information content (AvgIpc) is 3.13. The van der Waals surface area contributed by atoms with E-state index >= 15 is 0 Å². The first-order valence-corrected chi connectivity index (χ1v) is 8.02. The predicted molar refractivity (Wildman–Crippen MR) is 79.8 cm³/mol. The van der Waals surface area contributed by atoms with E-state index in [9.17, 15) is 4.79 Å². The molecule has 4 nitrogen and oxygen atoms in total. The Morgan fingerprint density at radius 2 is 2.10 bits per heavy atom. The van der Waals surface area contributed by atoms with Crippen LogP contribution in [0, 0.1) is 0 Å². The van der Waals surface area contributed by atoms with Gasteiger partial charge in [0.25, 0.3) is 0 Å². The highest BCUT2D eigenvalue weighted by Gasteiger charge is 2.61. The molecule has 2 atom stereocenters. The van der Waals surface area contributed by atoms with Crippen molar-refractivity contribution in [2.75, 3.05) is 26.2 Å². The molecular formula is C17H22N2O2. The number of ether oxygens (including phenoxy) is 1. The van der Waals surface area contributed by atoms with E-state index in [0.717, 1.165) is 38.9 Å². The van der Waals surface area contributed by atoms with Gasteiger partial charge in [-0.15, -0.1) is 0 Å². The highest BCUT2D eigenvalue weighted by molar-refractivity contribution is 5.81. The summed E-state index contributed by atoms with van der Waals surface area (Å²) >= 11 is 0. The van der Waals surface area contributed by atoms with Crippen molar-refractivity contribution >= 4 is 5.91 Å². The summed E-state index contributed by atoms with van der Waals surface area (Å²) in [6.07, 6.45) is 3.88. The predicted octanol–water partition coefficient (Wildman–Crippen LogP) is 1.65. The van der Waals surface area contributed by atoms with Crippen molar-refractivity contribution in [1.29, 1.82) is 0 Å². The first kappa shape index (κ1) is 13.3. The van der Waals surface area contributed by atoms with Crippen molar-refractivity contribution in [2.24, 2.45) is 0 Å². The number of amides is 1. The molecule has 1 amide bonds. The van der Waals surface area contributed by atoms with Crippen LogP contribution in [0.25, 0.3) is 0 Å². The highest BCUT2D eigenvalue weighted by atomic mass is 16.5. The molecule has 4 rings (SSSR count). The van der Waals surface area contributed by atoms with Gasteiger partial charge in [0.1, 0.15) is 0 Å². The van der Waals surface area contributed by atoms with Gasteiger partial charge in [-0.25, -0.2) is 0 Å². The van der Waals surface area contributed by atoms with Crippen LogP contribution in [0.1, 0.15) is 24.8 Å². The van der Waals surface area contributed by atoms with Gasteiger partial charge < -0.3 is 9.64 Å². The van der Waals surface area contributed by atoms with Crippen molar-refractivity contribution < 1.29 is 9.53 Å². The molecule has 0 aliphatic carbocycles. The molecule has 3 heterocycles. The van der Waals surface area contributed by atoms with Gasteiger partial charge in [-0.05, 0) is 24.9 Å². The standard InChI is InChI=1S/C17H22N2O2/c20-16-13-15-17(19(16)11-12-21-17)8-10-18(15)9-4-7-14-5-2-1-3-6-14/h1-3,5-6,15H,4,7-13H2/t15-,17+/m1/s1. The minimum absolute atomic E-state index is 0.274. The van der Waals surface area contributed by atoms with Gasteiger partial charge in [0.05, 0.1) is 12.6 Å². The lowest BCUT2D eigenvalue weighted by Crippen LogP contribution is -2.47. The summed E-state index contributed by atoms with van der Waals surface area (Å²) < 4.78 is 6.02. The highest BCUT2D eigenvalue weighted by Crippen LogP contribution is 2.45. The number of carbonyl (C=O) groups excluding carboxylic acids is 1. The van der Waals surface area contributed by atoms with Crippen LogP contribution in [0.2, 0.25) is 0 Å². The van der Waals surface area contributed by atoms with Crippen LogP contribution in [0.15, 0.2) is 30.3 Å². The maximum Gasteiger partial charge on any atom is 0.226 e. The molecule has 4 heteroatoms. The summed E-state index contributed by atoms with van der Waals surface area (Å²) in [5, 5.41) is 0. The van der Waals surface area contributed by atoms with Crippen molar-refractivity contribution in [2.45, 2.75) is 37.5 Å². The Balaban J connectivity index is 1.38. The van der Waals surface area contributed by atoms with Crippen LogP contribution in [0.4, 0.5) is 0 Å². The van der Waals surface area contributed by atoms with Crippen LogP contribution >= 0.6 is 0 Å². The zero-order valence-corrected chi connectivity index (χ0v) is 12.3. The Bertz CT molecular complexity index is 533. The summed E-state index contributed by atoms with van der Waals surface area (Å²) in [6.45, 7) is 3.61. The second kappa shape index (κ2) is 5.11. The van der Waals surface area contributed by atoms with Gasteiger partial charge in [-0.3, -0.25) is 9.69 Å². The summed E-state index contributed by atoms with van der Waals surface area (Å²) in [7, 11) is 0. The van der Waals surface area contributed by atoms with Crippen LogP contribution in [0.5, 0.6) is 0 Å². The van der Waals surface area contributed by atoms with Crippen LogP contribution < -0.4 is 0 Å². The maximum atomic E-state index is 12.1. The molecule has 3 aliphatic rings. The maximum absolute atomic E-state index is 12.1. The second-order valence-corrected chi connectivity index (χ2v) is 6.33. The zero-order chi connectivity index (χ0) is 14.3. The molecule has 3 fully saturated rings. The fourth-order valence-electron chi connectivity index (χ4n) is 4.27. The average molecular weight is 286 g/mol. The third-order valence-electron chi connectivity index (χ3n) is 5.27. The van der Waals surface area contributed by atoms with Crippen molar-refractivity contribution in [3.8, 4) is 0 Å². The molecule has 3 saturated heterocycles. The SMILES string of the molecule is O=C1C[C@H]2N(CCCc3ccccc3)CC[C@]23OCCN13. The van der Waals surface area contributed by atoms with Gasteiger partial charge in [0.15, 0.2) is 5.72 Å². The van der Waals surface area contributed by atoms with Gasteiger partial charge in [-0.2, -0.15) is 0 Å². The van der Waals surface area contributed by atoms with Crippen LogP contribution in [-0.2, 0) is 16.0 Å². The molecule has 0 saturated carbocycles. The van der Waals surface area contributed by atoms with Gasteiger partial charge >= 0.3 is 0 Å². The molecule has 1 aromatic rings. The molecule has 21 heavy (non-hydrogen) atoms. The lowest BCUT2D eigenvalue weighted by Gasteiger charge is -2.31. The molecule has 0 radical (unpaired) electrons. The number of benzene rings is 1. The molecule has 1 spiro atoms. The Morgan fingerprint density at radius 1 is 1.24 bits per heavy atom. The van der Waals surface area contributed by atoms with Crippen LogP contribution in [0.3, 0.4) is 0 Å². The number of aryl methyl sites for hydroxylation is 1. The first-order valence-electron chi connectivity index (χ1n) is 8.02. The fraction of sp³-hybridized carbons (Fsp3) is 0.588. The monoisotopic (exact) mass is 286 g/mol. The van der Waals surface area contributed by atoms with E-state index in [-0.39, 0.29) is 17.7 Å². The molecule has 1 aromatic carbocycles. The Hall–Kier alpha value is -1.39. The minimum atomic E-state index is -0.274. The number of hydrogen-bond acceptors (Lipinski definition) is 3. The van der Waals surface area contributed by atoms with E-state index in [1.807, 2.05) is 4.90 Å². The number of rotatable bonds is 4. The smallest absolute Gasteiger partial charge is 0.226 e. The van der Waals surface area contributed by atoms with E-state index in [2.05, 4.69) is 35.2 Å². The van der Waals surface area contributed by atoms with E-state index < -0.39 is 0 Å². The summed E-state index contributed by atoms with van der Waals surface area (Å²) in [4.78, 5) is 16.6. The molecule has 112 valence electrons. The molecule has 0 aromatic heterocycles. The number of carbonyl (C=O) groups is 1. The van der Waals surface area contributed by atoms with E-state index in [0.29, 0.717) is 13.0 Å². The fourth-order valence-corrected chi connectivity index (χ4v) is 4.27. The minimum Gasteiger partial charge on any atom is -0.352 e. The normalized spacial score (nSPS) is 31.7. The Kier molecular flexibility index (Phi) is 3.23. The van der Waals surface area contributed by atoms with Gasteiger partial charge in [0.2, 0.25) is 5.91 Å². The molecule has 3 aliphatic heterocycles. The summed E-state index contributed by atoms with van der Waals surface area (Å²) in [6, 6.07) is 10.9. The number of hydrogen-bond donors (Lipinski definition) is 0. The quantitative estimate of drug-likeness (QED) is 0.844. The molecule has 0 unspecified atom stereocenters. The van der Waals surface area contributed by atoms with E-state index in [1.54, 1.807) is 0 Å². The van der Waals surface area contributed by atoms with E-state index in [4.69, 9.17) is 4.74 Å². The topological polar surface area (TPSA) is 32.8 Å². The largest absolute Gasteiger partial charge is 0.352 e.